The normalized spacial score (nSPS) is 15.3. The first-order valence-electron chi connectivity index (χ1n) is 10.1. The minimum absolute atomic E-state index is 0.145. The van der Waals surface area contributed by atoms with Gasteiger partial charge in [0.15, 0.2) is 0 Å². The molecular weight excluding hydrogens is 370 g/mol. The van der Waals surface area contributed by atoms with E-state index >= 15 is 0 Å². The second-order valence-corrected chi connectivity index (χ2v) is 8.28. The number of unbranched alkanes of at least 4 members (excludes halogenated alkanes) is 1. The van der Waals surface area contributed by atoms with Gasteiger partial charge in [0.25, 0.3) is 11.8 Å². The maximum absolute atomic E-state index is 12.6. The third-order valence-corrected chi connectivity index (χ3v) is 5.95. The molecule has 1 aliphatic heterocycles. The molecule has 3 rings (SSSR count). The molecule has 1 aromatic heterocycles. The summed E-state index contributed by atoms with van der Waals surface area (Å²) in [6.07, 6.45) is 4.64. The quantitative estimate of drug-likeness (QED) is 0.653. The van der Waals surface area contributed by atoms with Crippen molar-refractivity contribution in [2.75, 3.05) is 31.5 Å². The number of likely N-dealkylation sites (tertiary alicyclic amines) is 1. The fourth-order valence-corrected chi connectivity index (χ4v) is 4.06. The summed E-state index contributed by atoms with van der Waals surface area (Å²) in [5, 5.41) is 9.48. The van der Waals surface area contributed by atoms with Gasteiger partial charge in [0.2, 0.25) is 0 Å². The average molecular weight is 400 g/mol. The lowest BCUT2D eigenvalue weighted by Gasteiger charge is -2.30. The molecule has 5 nitrogen and oxygen atoms in total. The first-order chi connectivity index (χ1) is 13.6. The SMILES string of the molecule is CC1CCN(CCCCNC(=O)c2ccccc2NC(=O)c2ccsc2)CC1. The minimum atomic E-state index is -0.197. The highest BCUT2D eigenvalue weighted by Crippen LogP contribution is 2.18. The smallest absolute Gasteiger partial charge is 0.256 e. The summed E-state index contributed by atoms with van der Waals surface area (Å²) in [5.74, 6) is 0.515. The molecule has 1 saturated heterocycles. The highest BCUT2D eigenvalue weighted by molar-refractivity contribution is 7.08. The Morgan fingerprint density at radius 1 is 1.11 bits per heavy atom. The predicted molar refractivity (Wildman–Crippen MR) is 115 cm³/mol. The maximum atomic E-state index is 12.6. The monoisotopic (exact) mass is 399 g/mol. The Bertz CT molecular complexity index is 768. The summed E-state index contributed by atoms with van der Waals surface area (Å²) < 4.78 is 0. The molecule has 2 amide bonds. The van der Waals surface area contributed by atoms with Crippen LogP contribution in [0.15, 0.2) is 41.1 Å². The van der Waals surface area contributed by atoms with Crippen molar-refractivity contribution in [1.29, 1.82) is 0 Å². The van der Waals surface area contributed by atoms with Crippen molar-refractivity contribution in [3.8, 4) is 0 Å². The molecular formula is C22H29N3O2S. The number of piperidine rings is 1. The van der Waals surface area contributed by atoms with E-state index in [0.29, 0.717) is 23.4 Å². The first-order valence-corrected chi connectivity index (χ1v) is 11.0. The van der Waals surface area contributed by atoms with Gasteiger partial charge in [-0.05, 0) is 74.8 Å². The highest BCUT2D eigenvalue weighted by Gasteiger charge is 2.16. The molecule has 1 fully saturated rings. The zero-order chi connectivity index (χ0) is 19.8. The van der Waals surface area contributed by atoms with Crippen LogP contribution >= 0.6 is 11.3 Å². The second-order valence-electron chi connectivity index (χ2n) is 7.50. The lowest BCUT2D eigenvalue weighted by molar-refractivity contribution is 0.0953. The van der Waals surface area contributed by atoms with Crippen LogP contribution in [0.5, 0.6) is 0 Å². The first kappa shape index (κ1) is 20.6. The molecule has 6 heteroatoms. The number of nitrogens with zero attached hydrogens (tertiary/aromatic N) is 1. The van der Waals surface area contributed by atoms with Crippen LogP contribution in [0, 0.1) is 5.92 Å². The van der Waals surface area contributed by atoms with E-state index in [1.807, 2.05) is 17.5 Å². The predicted octanol–water partition coefficient (Wildman–Crippen LogP) is 4.24. The summed E-state index contributed by atoms with van der Waals surface area (Å²) >= 11 is 1.47. The second kappa shape index (κ2) is 10.4. The average Bonchev–Trinajstić information content (AvgIpc) is 3.24. The van der Waals surface area contributed by atoms with Gasteiger partial charge in [0.1, 0.15) is 0 Å². The van der Waals surface area contributed by atoms with Gasteiger partial charge in [-0.1, -0.05) is 19.1 Å². The van der Waals surface area contributed by atoms with Crippen molar-refractivity contribution in [3.05, 3.63) is 52.2 Å². The van der Waals surface area contributed by atoms with Crippen molar-refractivity contribution >= 4 is 28.8 Å². The van der Waals surface area contributed by atoms with Crippen LogP contribution < -0.4 is 10.6 Å². The number of nitrogens with one attached hydrogen (secondary N) is 2. The molecule has 0 atom stereocenters. The molecule has 0 radical (unpaired) electrons. The summed E-state index contributed by atoms with van der Waals surface area (Å²) in [4.78, 5) is 27.4. The molecule has 2 N–H and O–H groups in total. The third kappa shape index (κ3) is 5.91. The molecule has 0 spiro atoms. The van der Waals surface area contributed by atoms with E-state index in [4.69, 9.17) is 0 Å². The van der Waals surface area contributed by atoms with E-state index in [1.165, 1.54) is 37.3 Å². The number of rotatable bonds is 8. The van der Waals surface area contributed by atoms with Gasteiger partial charge in [-0.2, -0.15) is 11.3 Å². The number of para-hydroxylation sites is 1. The lowest BCUT2D eigenvalue weighted by Crippen LogP contribution is -2.34. The van der Waals surface area contributed by atoms with Crippen molar-refractivity contribution < 1.29 is 9.59 Å². The Morgan fingerprint density at radius 2 is 1.89 bits per heavy atom. The number of anilines is 1. The van der Waals surface area contributed by atoms with E-state index in [1.54, 1.807) is 23.6 Å². The van der Waals surface area contributed by atoms with Crippen molar-refractivity contribution in [2.24, 2.45) is 5.92 Å². The minimum Gasteiger partial charge on any atom is -0.352 e. The number of hydrogen-bond acceptors (Lipinski definition) is 4. The van der Waals surface area contributed by atoms with Gasteiger partial charge in [0, 0.05) is 11.9 Å². The van der Waals surface area contributed by atoms with Crippen LogP contribution in [0.3, 0.4) is 0 Å². The van der Waals surface area contributed by atoms with Crippen molar-refractivity contribution in [3.63, 3.8) is 0 Å². The van der Waals surface area contributed by atoms with E-state index in [9.17, 15) is 9.59 Å². The van der Waals surface area contributed by atoms with Gasteiger partial charge in [0.05, 0.1) is 16.8 Å². The topological polar surface area (TPSA) is 61.4 Å². The Balaban J connectivity index is 1.43. The van der Waals surface area contributed by atoms with Gasteiger partial charge < -0.3 is 15.5 Å². The lowest BCUT2D eigenvalue weighted by atomic mass is 9.99. The largest absolute Gasteiger partial charge is 0.352 e. The van der Waals surface area contributed by atoms with E-state index in [0.717, 1.165) is 25.3 Å². The molecule has 150 valence electrons. The van der Waals surface area contributed by atoms with Gasteiger partial charge in [-0.3, -0.25) is 9.59 Å². The van der Waals surface area contributed by atoms with E-state index in [-0.39, 0.29) is 11.8 Å². The summed E-state index contributed by atoms with van der Waals surface area (Å²) in [7, 11) is 0. The van der Waals surface area contributed by atoms with Crippen LogP contribution in [-0.4, -0.2) is 42.9 Å². The third-order valence-electron chi connectivity index (χ3n) is 5.27. The molecule has 0 unspecified atom stereocenters. The number of carbonyl (C=O) groups is 2. The van der Waals surface area contributed by atoms with Crippen LogP contribution in [0.1, 0.15) is 53.3 Å². The Labute approximate surface area is 171 Å². The van der Waals surface area contributed by atoms with Crippen LogP contribution in [0.4, 0.5) is 5.69 Å². The summed E-state index contributed by atoms with van der Waals surface area (Å²) in [5.41, 5.74) is 1.64. The van der Waals surface area contributed by atoms with Crippen LogP contribution in [0.2, 0.25) is 0 Å². The Morgan fingerprint density at radius 3 is 2.64 bits per heavy atom. The van der Waals surface area contributed by atoms with Gasteiger partial charge in [-0.15, -0.1) is 0 Å². The molecule has 1 aliphatic rings. The van der Waals surface area contributed by atoms with Gasteiger partial charge in [-0.25, -0.2) is 0 Å². The Hall–Kier alpha value is -2.18. The molecule has 0 aliphatic carbocycles. The number of thiophene rings is 1. The molecule has 2 aromatic rings. The van der Waals surface area contributed by atoms with E-state index in [2.05, 4.69) is 22.5 Å². The molecule has 0 bridgehead atoms. The molecule has 1 aromatic carbocycles. The fourth-order valence-electron chi connectivity index (χ4n) is 3.42. The van der Waals surface area contributed by atoms with Crippen LogP contribution in [-0.2, 0) is 0 Å². The summed E-state index contributed by atoms with van der Waals surface area (Å²) in [6, 6.07) is 8.90. The standard InChI is InChI=1S/C22H29N3O2S/c1-17-8-13-25(14-9-17)12-5-4-11-23-22(27)19-6-2-3-7-20(19)24-21(26)18-10-15-28-16-18/h2-3,6-7,10,15-17H,4-5,8-9,11-14H2,1H3,(H,23,27)(H,24,26). The number of benzene rings is 1. The van der Waals surface area contributed by atoms with Crippen molar-refractivity contribution in [1.82, 2.24) is 10.2 Å². The number of hydrogen-bond donors (Lipinski definition) is 2. The fraction of sp³-hybridized carbons (Fsp3) is 0.455. The van der Waals surface area contributed by atoms with E-state index < -0.39 is 0 Å². The number of carbonyl (C=O) groups excluding carboxylic acids is 2. The zero-order valence-electron chi connectivity index (χ0n) is 16.4. The number of amides is 2. The Kier molecular flexibility index (Phi) is 7.62. The highest BCUT2D eigenvalue weighted by atomic mass is 32.1. The summed E-state index contributed by atoms with van der Waals surface area (Å²) in [6.45, 7) is 6.48. The zero-order valence-corrected chi connectivity index (χ0v) is 17.3. The maximum Gasteiger partial charge on any atom is 0.256 e. The molecule has 0 saturated carbocycles. The van der Waals surface area contributed by atoms with Crippen molar-refractivity contribution in [2.45, 2.75) is 32.6 Å². The molecule has 2 heterocycles. The van der Waals surface area contributed by atoms with Crippen LogP contribution in [0.25, 0.3) is 0 Å². The van der Waals surface area contributed by atoms with Gasteiger partial charge >= 0.3 is 0 Å². The molecule has 28 heavy (non-hydrogen) atoms.